The monoisotopic (exact) mass is 446 g/mol. The Bertz CT molecular complexity index is 1010. The second-order valence-corrected chi connectivity index (χ2v) is 10.7. The Balaban J connectivity index is 1.41. The molecule has 2 aromatic rings. The third-order valence-corrected chi connectivity index (χ3v) is 8.50. The highest BCUT2D eigenvalue weighted by Gasteiger charge is 2.33. The Morgan fingerprint density at radius 1 is 1.16 bits per heavy atom. The molecule has 168 valence electrons. The molecule has 7 heteroatoms. The van der Waals surface area contributed by atoms with Crippen LogP contribution >= 0.6 is 0 Å². The maximum absolute atomic E-state index is 13.7. The zero-order chi connectivity index (χ0) is 21.8. The minimum Gasteiger partial charge on any atom is -0.492 e. The summed E-state index contributed by atoms with van der Waals surface area (Å²) in [5.41, 5.74) is 3.55. The number of fused-ring (bicyclic) bond motifs is 1. The number of sulfonamides is 1. The van der Waals surface area contributed by atoms with Crippen molar-refractivity contribution in [1.29, 1.82) is 0 Å². The second-order valence-electron chi connectivity index (χ2n) is 8.66. The van der Waals surface area contributed by atoms with E-state index in [-0.39, 0.29) is 23.5 Å². The number of hydrogen-bond donors (Lipinski definition) is 2. The van der Waals surface area contributed by atoms with Crippen LogP contribution in [-0.2, 0) is 22.9 Å². The summed E-state index contributed by atoms with van der Waals surface area (Å²) in [5.74, 6) is 1.26. The maximum atomic E-state index is 13.7. The van der Waals surface area contributed by atoms with Gasteiger partial charge in [-0.1, -0.05) is 24.6 Å². The fourth-order valence-electron chi connectivity index (χ4n) is 4.70. The largest absolute Gasteiger partial charge is 0.492 e. The van der Waals surface area contributed by atoms with Crippen LogP contribution in [0.5, 0.6) is 5.75 Å². The fraction of sp³-hybridized carbons (Fsp3) is 0.500. The van der Waals surface area contributed by atoms with Crippen LogP contribution in [0.3, 0.4) is 0 Å². The Labute approximate surface area is 184 Å². The van der Waals surface area contributed by atoms with Crippen LogP contribution in [0, 0.1) is 11.7 Å². The molecule has 0 aliphatic heterocycles. The molecule has 2 atom stereocenters. The fourth-order valence-corrected chi connectivity index (χ4v) is 6.25. The molecule has 2 aliphatic carbocycles. The van der Waals surface area contributed by atoms with E-state index in [2.05, 4.69) is 22.2 Å². The van der Waals surface area contributed by atoms with Crippen molar-refractivity contribution in [1.82, 2.24) is 10.0 Å². The highest BCUT2D eigenvalue weighted by molar-refractivity contribution is 7.90. The van der Waals surface area contributed by atoms with Crippen molar-refractivity contribution < 1.29 is 17.5 Å². The predicted octanol–water partition coefficient (Wildman–Crippen LogP) is 3.39. The van der Waals surface area contributed by atoms with Gasteiger partial charge in [0.15, 0.2) is 0 Å². The summed E-state index contributed by atoms with van der Waals surface area (Å²) in [6.45, 7) is 1.46. The zero-order valence-electron chi connectivity index (χ0n) is 17.9. The van der Waals surface area contributed by atoms with E-state index in [4.69, 9.17) is 4.74 Å². The molecule has 2 aliphatic rings. The van der Waals surface area contributed by atoms with Crippen LogP contribution in [0.2, 0.25) is 0 Å². The molecular weight excluding hydrogens is 415 g/mol. The standard InChI is InChI=1S/C24H31FN2O3S/c1-26-16-19-14-18-8-9-21(30-11-10-27-31(28,29)22-6-3-7-22)15-24(18)23(19)13-17-4-2-5-20(25)12-17/h2,4-5,8-9,12,15,19,22-23,26-27H,3,6-7,10-11,13-14,16H2,1H3. The van der Waals surface area contributed by atoms with Gasteiger partial charge in [0, 0.05) is 6.54 Å². The van der Waals surface area contributed by atoms with Crippen LogP contribution < -0.4 is 14.8 Å². The van der Waals surface area contributed by atoms with E-state index in [9.17, 15) is 12.8 Å². The molecule has 5 nitrogen and oxygen atoms in total. The van der Waals surface area contributed by atoms with Crippen LogP contribution in [0.1, 0.15) is 41.9 Å². The number of halogens is 1. The van der Waals surface area contributed by atoms with E-state index >= 15 is 0 Å². The van der Waals surface area contributed by atoms with Gasteiger partial charge in [0.05, 0.1) is 5.25 Å². The first-order valence-corrected chi connectivity index (χ1v) is 12.6. The summed E-state index contributed by atoms with van der Waals surface area (Å²) in [4.78, 5) is 0. The molecule has 4 rings (SSSR count). The highest BCUT2D eigenvalue weighted by atomic mass is 32.2. The molecule has 0 bridgehead atoms. The number of nitrogens with one attached hydrogen (secondary N) is 2. The van der Waals surface area contributed by atoms with Gasteiger partial charge < -0.3 is 10.1 Å². The van der Waals surface area contributed by atoms with Crippen molar-refractivity contribution in [2.24, 2.45) is 5.92 Å². The Morgan fingerprint density at radius 3 is 2.71 bits per heavy atom. The predicted molar refractivity (Wildman–Crippen MR) is 120 cm³/mol. The minimum atomic E-state index is -3.22. The van der Waals surface area contributed by atoms with Gasteiger partial charge in [-0.3, -0.25) is 0 Å². The van der Waals surface area contributed by atoms with E-state index in [1.54, 1.807) is 12.1 Å². The van der Waals surface area contributed by atoms with Crippen molar-refractivity contribution in [3.05, 3.63) is 65.0 Å². The lowest BCUT2D eigenvalue weighted by atomic mass is 9.86. The van der Waals surface area contributed by atoms with Gasteiger partial charge in [0.1, 0.15) is 18.2 Å². The third-order valence-electron chi connectivity index (χ3n) is 6.54. The molecule has 0 saturated heterocycles. The first-order valence-electron chi connectivity index (χ1n) is 11.1. The Kier molecular flexibility index (Phi) is 6.94. The average Bonchev–Trinajstić information content (AvgIpc) is 3.01. The van der Waals surface area contributed by atoms with Crippen LogP contribution in [-0.4, -0.2) is 40.4 Å². The smallest absolute Gasteiger partial charge is 0.214 e. The van der Waals surface area contributed by atoms with Gasteiger partial charge in [-0.05, 0) is 92.1 Å². The lowest BCUT2D eigenvalue weighted by Crippen LogP contribution is -2.40. The summed E-state index contributed by atoms with van der Waals surface area (Å²) < 4.78 is 46.5. The number of ether oxygens (including phenoxy) is 1. The molecule has 0 amide bonds. The van der Waals surface area contributed by atoms with E-state index in [0.717, 1.165) is 50.0 Å². The third kappa shape index (κ3) is 5.27. The van der Waals surface area contributed by atoms with Crippen molar-refractivity contribution in [2.75, 3.05) is 26.7 Å². The van der Waals surface area contributed by atoms with Crippen molar-refractivity contribution in [3.8, 4) is 5.75 Å². The molecule has 0 spiro atoms. The van der Waals surface area contributed by atoms with Gasteiger partial charge in [0.25, 0.3) is 0 Å². The van der Waals surface area contributed by atoms with Crippen LogP contribution in [0.15, 0.2) is 42.5 Å². The molecule has 2 aromatic carbocycles. The molecule has 0 aromatic heterocycles. The van der Waals surface area contributed by atoms with Crippen molar-refractivity contribution in [3.63, 3.8) is 0 Å². The minimum absolute atomic E-state index is 0.206. The average molecular weight is 447 g/mol. The van der Waals surface area contributed by atoms with E-state index in [0.29, 0.717) is 12.5 Å². The first-order chi connectivity index (χ1) is 15.0. The van der Waals surface area contributed by atoms with E-state index in [1.807, 2.05) is 19.2 Å². The summed E-state index contributed by atoms with van der Waals surface area (Å²) >= 11 is 0. The maximum Gasteiger partial charge on any atom is 0.214 e. The molecule has 1 saturated carbocycles. The van der Waals surface area contributed by atoms with Gasteiger partial charge in [0.2, 0.25) is 10.0 Å². The SMILES string of the molecule is CNCC1Cc2ccc(OCCNS(=O)(=O)C3CCC3)cc2C1Cc1cccc(F)c1. The summed E-state index contributed by atoms with van der Waals surface area (Å²) in [5, 5.41) is 3.05. The first kappa shape index (κ1) is 22.2. The Hall–Kier alpha value is -1.96. The molecular formula is C24H31FN2O3S. The molecule has 0 radical (unpaired) electrons. The lowest BCUT2D eigenvalue weighted by Gasteiger charge is -2.25. The van der Waals surface area contributed by atoms with E-state index < -0.39 is 10.0 Å². The van der Waals surface area contributed by atoms with Gasteiger partial charge in [-0.25, -0.2) is 17.5 Å². The van der Waals surface area contributed by atoms with Gasteiger partial charge in [-0.15, -0.1) is 0 Å². The quantitative estimate of drug-likeness (QED) is 0.549. The summed E-state index contributed by atoms with van der Waals surface area (Å²) in [6.07, 6.45) is 4.25. The molecule has 0 heterocycles. The van der Waals surface area contributed by atoms with Crippen LogP contribution in [0.4, 0.5) is 4.39 Å². The van der Waals surface area contributed by atoms with Gasteiger partial charge >= 0.3 is 0 Å². The Morgan fingerprint density at radius 2 is 2.00 bits per heavy atom. The normalized spacial score (nSPS) is 21.0. The number of benzene rings is 2. The number of hydrogen-bond acceptors (Lipinski definition) is 4. The molecule has 31 heavy (non-hydrogen) atoms. The second kappa shape index (κ2) is 9.67. The van der Waals surface area contributed by atoms with E-state index in [1.165, 1.54) is 17.2 Å². The lowest BCUT2D eigenvalue weighted by molar-refractivity contribution is 0.321. The van der Waals surface area contributed by atoms with Crippen molar-refractivity contribution in [2.45, 2.75) is 43.3 Å². The topological polar surface area (TPSA) is 67.4 Å². The van der Waals surface area contributed by atoms with Gasteiger partial charge in [-0.2, -0.15) is 0 Å². The molecule has 2 unspecified atom stereocenters. The zero-order valence-corrected chi connectivity index (χ0v) is 18.8. The molecule has 2 N–H and O–H groups in total. The van der Waals surface area contributed by atoms with Crippen molar-refractivity contribution >= 4 is 10.0 Å². The summed E-state index contributed by atoms with van der Waals surface area (Å²) in [6, 6.07) is 13.0. The highest BCUT2D eigenvalue weighted by Crippen LogP contribution is 2.41. The van der Waals surface area contributed by atoms with Crippen LogP contribution in [0.25, 0.3) is 0 Å². The number of rotatable bonds is 10. The molecule has 1 fully saturated rings. The summed E-state index contributed by atoms with van der Waals surface area (Å²) in [7, 11) is -1.26.